The molecule has 3 aromatic carbocycles. The summed E-state index contributed by atoms with van der Waals surface area (Å²) in [4.78, 5) is 32.3. The summed E-state index contributed by atoms with van der Waals surface area (Å²) in [7, 11) is 1.59. The number of hydrogen-bond acceptors (Lipinski definition) is 6. The molecule has 1 fully saturated rings. The van der Waals surface area contributed by atoms with Crippen molar-refractivity contribution >= 4 is 17.7 Å². The van der Waals surface area contributed by atoms with Gasteiger partial charge >= 0.3 is 11.9 Å². The molecule has 0 saturated carbocycles. The lowest BCUT2D eigenvalue weighted by Crippen LogP contribution is -2.36. The summed E-state index contributed by atoms with van der Waals surface area (Å²) in [6.07, 6.45) is 3.14. The molecule has 1 aliphatic rings. The van der Waals surface area contributed by atoms with E-state index in [9.17, 15) is 9.18 Å². The molecule has 0 aromatic heterocycles. The van der Waals surface area contributed by atoms with Gasteiger partial charge in [-0.1, -0.05) is 42.5 Å². The van der Waals surface area contributed by atoms with Crippen molar-refractivity contribution in [3.8, 4) is 11.5 Å². The van der Waals surface area contributed by atoms with Crippen LogP contribution < -0.4 is 9.47 Å². The van der Waals surface area contributed by atoms with Crippen molar-refractivity contribution in [3.63, 3.8) is 0 Å². The van der Waals surface area contributed by atoms with Crippen LogP contribution >= 0.6 is 0 Å². The molecule has 0 bridgehead atoms. The number of rotatable bonds is 10. The van der Waals surface area contributed by atoms with E-state index in [1.807, 2.05) is 18.2 Å². The number of ketones is 1. The van der Waals surface area contributed by atoms with Crippen molar-refractivity contribution < 1.29 is 38.5 Å². The molecule has 4 rings (SSSR count). The third kappa shape index (κ3) is 9.42. The van der Waals surface area contributed by atoms with Crippen LogP contribution in [-0.2, 0) is 9.59 Å². The van der Waals surface area contributed by atoms with Crippen molar-refractivity contribution in [2.24, 2.45) is 5.92 Å². The topological polar surface area (TPSA) is 113 Å². The maximum Gasteiger partial charge on any atom is 0.414 e. The average molecular weight is 566 g/mol. The van der Waals surface area contributed by atoms with Gasteiger partial charge in [-0.15, -0.1) is 0 Å². The van der Waals surface area contributed by atoms with Crippen LogP contribution in [0.5, 0.6) is 11.5 Å². The molecule has 1 heterocycles. The zero-order valence-electron chi connectivity index (χ0n) is 23.3. The smallest absolute Gasteiger partial charge is 0.414 e. The number of carboxylic acid groups (broad SMARTS) is 2. The molecule has 0 radical (unpaired) electrons. The molecule has 1 atom stereocenters. The number of likely N-dealkylation sites (tertiary alicyclic amines) is 1. The van der Waals surface area contributed by atoms with Crippen LogP contribution in [0.3, 0.4) is 0 Å². The number of methoxy groups -OCH3 is 1. The molecule has 218 valence electrons. The van der Waals surface area contributed by atoms with Crippen LogP contribution in [0.4, 0.5) is 4.39 Å². The Morgan fingerprint density at radius 1 is 0.902 bits per heavy atom. The number of nitrogens with zero attached hydrogens (tertiary/aromatic N) is 1. The molecular weight excluding hydrogens is 529 g/mol. The molecule has 0 aliphatic carbocycles. The molecular formula is C32H36FNO7. The highest BCUT2D eigenvalue weighted by Gasteiger charge is 2.28. The van der Waals surface area contributed by atoms with Crippen LogP contribution in [0, 0.1) is 11.7 Å². The number of carboxylic acids is 2. The van der Waals surface area contributed by atoms with Gasteiger partial charge in [0.05, 0.1) is 13.7 Å². The normalized spacial score (nSPS) is 14.3. The van der Waals surface area contributed by atoms with Gasteiger partial charge in [0, 0.05) is 18.0 Å². The highest BCUT2D eigenvalue weighted by molar-refractivity contribution is 6.27. The lowest BCUT2D eigenvalue weighted by Gasteiger charge is -2.36. The fourth-order valence-electron chi connectivity index (χ4n) is 5.05. The Bertz CT molecular complexity index is 1280. The Hall–Kier alpha value is -4.24. The Labute approximate surface area is 239 Å². The average Bonchev–Trinajstić information content (AvgIpc) is 2.98. The number of benzene rings is 3. The maximum atomic E-state index is 13.6. The lowest BCUT2D eigenvalue weighted by atomic mass is 9.76. The molecule has 3 aromatic rings. The molecule has 1 unspecified atom stereocenters. The largest absolute Gasteiger partial charge is 0.493 e. The third-order valence-corrected chi connectivity index (χ3v) is 7.12. The van der Waals surface area contributed by atoms with Crippen LogP contribution in [0.2, 0.25) is 0 Å². The highest BCUT2D eigenvalue weighted by atomic mass is 19.1. The maximum absolute atomic E-state index is 13.6. The summed E-state index contributed by atoms with van der Waals surface area (Å²) < 4.78 is 24.9. The van der Waals surface area contributed by atoms with Crippen LogP contribution in [0.25, 0.3) is 0 Å². The predicted octanol–water partition coefficient (Wildman–Crippen LogP) is 5.51. The van der Waals surface area contributed by atoms with Gasteiger partial charge in [-0.05, 0) is 86.7 Å². The Balaban J connectivity index is 0.000000696. The molecule has 0 spiro atoms. The zero-order valence-corrected chi connectivity index (χ0v) is 23.3. The number of carbonyl (C=O) groups excluding carboxylic acids is 1. The number of piperidine rings is 1. The summed E-state index contributed by atoms with van der Waals surface area (Å²) >= 11 is 0. The SMILES string of the molecule is COc1cc(C(C)=O)ccc1OCCCN1CCC(C(c2ccccc2)c2ccc(F)cc2)CC1.O=C(O)C(=O)O. The fourth-order valence-corrected chi connectivity index (χ4v) is 5.05. The van der Waals surface area contributed by atoms with Crippen molar-refractivity contribution in [1.82, 2.24) is 4.90 Å². The van der Waals surface area contributed by atoms with Gasteiger partial charge in [0.2, 0.25) is 0 Å². The van der Waals surface area contributed by atoms with E-state index < -0.39 is 11.9 Å². The first kappa shape index (κ1) is 31.3. The van der Waals surface area contributed by atoms with Gasteiger partial charge in [0.25, 0.3) is 0 Å². The van der Waals surface area contributed by atoms with E-state index in [1.54, 1.807) is 44.4 Å². The summed E-state index contributed by atoms with van der Waals surface area (Å²) in [5.41, 5.74) is 3.11. The van der Waals surface area contributed by atoms with E-state index in [1.165, 1.54) is 11.1 Å². The first-order valence-electron chi connectivity index (χ1n) is 13.5. The quantitative estimate of drug-likeness (QED) is 0.188. The number of hydrogen-bond donors (Lipinski definition) is 2. The number of halogens is 1. The summed E-state index contributed by atoms with van der Waals surface area (Å²) in [5.74, 6) is -1.76. The lowest BCUT2D eigenvalue weighted by molar-refractivity contribution is -0.159. The van der Waals surface area contributed by atoms with Gasteiger partial charge < -0.3 is 24.6 Å². The number of ether oxygens (including phenoxy) is 2. The minimum absolute atomic E-state index is 0.00665. The highest BCUT2D eigenvalue weighted by Crippen LogP contribution is 2.38. The molecule has 0 amide bonds. The second-order valence-corrected chi connectivity index (χ2v) is 9.85. The third-order valence-electron chi connectivity index (χ3n) is 7.12. The summed E-state index contributed by atoms with van der Waals surface area (Å²) in [6, 6.07) is 22.9. The summed E-state index contributed by atoms with van der Waals surface area (Å²) in [6.45, 7) is 5.21. The number of aliphatic carboxylic acids is 2. The van der Waals surface area contributed by atoms with E-state index in [-0.39, 0.29) is 17.5 Å². The molecule has 9 heteroatoms. The monoisotopic (exact) mass is 565 g/mol. The zero-order chi connectivity index (χ0) is 29.8. The van der Waals surface area contributed by atoms with Crippen molar-refractivity contribution in [2.75, 3.05) is 33.4 Å². The fraction of sp³-hybridized carbons (Fsp3) is 0.344. The second kappa shape index (κ2) is 15.5. The molecule has 1 aliphatic heterocycles. The van der Waals surface area contributed by atoms with Crippen molar-refractivity contribution in [1.29, 1.82) is 0 Å². The van der Waals surface area contributed by atoms with Gasteiger partial charge in [0.15, 0.2) is 17.3 Å². The van der Waals surface area contributed by atoms with Gasteiger partial charge in [-0.3, -0.25) is 4.79 Å². The Kier molecular flexibility index (Phi) is 11.8. The van der Waals surface area contributed by atoms with Gasteiger partial charge in [-0.2, -0.15) is 0 Å². The van der Waals surface area contributed by atoms with Gasteiger partial charge in [-0.25, -0.2) is 14.0 Å². The first-order chi connectivity index (χ1) is 19.7. The number of carbonyl (C=O) groups is 3. The second-order valence-electron chi connectivity index (χ2n) is 9.85. The minimum atomic E-state index is -1.82. The van der Waals surface area contributed by atoms with E-state index in [0.29, 0.717) is 29.6 Å². The number of Topliss-reactive ketones (excluding diaryl/α,β-unsaturated/α-hetero) is 1. The molecule has 1 saturated heterocycles. The Morgan fingerprint density at radius 3 is 2.07 bits per heavy atom. The molecule has 2 N–H and O–H groups in total. The van der Waals surface area contributed by atoms with Crippen molar-refractivity contribution in [3.05, 3.63) is 95.3 Å². The van der Waals surface area contributed by atoms with E-state index in [0.717, 1.165) is 38.9 Å². The summed E-state index contributed by atoms with van der Waals surface area (Å²) in [5, 5.41) is 14.8. The molecule has 41 heavy (non-hydrogen) atoms. The molecule has 8 nitrogen and oxygen atoms in total. The van der Waals surface area contributed by atoms with Crippen molar-refractivity contribution in [2.45, 2.75) is 32.1 Å². The first-order valence-corrected chi connectivity index (χ1v) is 13.5. The van der Waals surface area contributed by atoms with E-state index in [4.69, 9.17) is 29.3 Å². The van der Waals surface area contributed by atoms with E-state index >= 15 is 0 Å². The predicted molar refractivity (Wildman–Crippen MR) is 152 cm³/mol. The standard InChI is InChI=1S/C30H34FNO3.C2H2O4/c1-22(33)26-11-14-28(29(21-26)34-2)35-20-6-17-32-18-15-25(16-19-32)30(23-7-4-3-5-8-23)24-9-12-27(31)13-10-24;3-1(4)2(5)6/h3-5,7-14,21,25,30H,6,15-20H2,1-2H3;(H,3,4)(H,5,6). The minimum Gasteiger partial charge on any atom is -0.493 e. The van der Waals surface area contributed by atoms with Gasteiger partial charge in [0.1, 0.15) is 5.82 Å². The van der Waals surface area contributed by atoms with E-state index in [2.05, 4.69) is 29.2 Å². The Morgan fingerprint density at radius 2 is 1.51 bits per heavy atom. The van der Waals surface area contributed by atoms with Crippen LogP contribution in [0.15, 0.2) is 72.8 Å². The van der Waals surface area contributed by atoms with Crippen LogP contribution in [0.1, 0.15) is 53.6 Å². The van der Waals surface area contributed by atoms with Crippen LogP contribution in [-0.4, -0.2) is 66.2 Å².